The number of ketones is 1. The van der Waals surface area contributed by atoms with Crippen LogP contribution in [0.15, 0.2) is 54.6 Å². The SMILES string of the molecule is CC(=O)c1cccc(CN2CN(c3ccccc3)C3(CCN(C(=O)OC(C)(C)C)CC3)C2=O)c1. The van der Waals surface area contributed by atoms with Gasteiger partial charge in [0, 0.05) is 30.9 Å². The second-order valence-electron chi connectivity index (χ2n) is 10.2. The lowest BCUT2D eigenvalue weighted by Crippen LogP contribution is -2.57. The fourth-order valence-corrected chi connectivity index (χ4v) is 4.82. The molecule has 2 amide bonds. The van der Waals surface area contributed by atoms with Crippen LogP contribution in [0, 0.1) is 0 Å². The van der Waals surface area contributed by atoms with Gasteiger partial charge in [0.15, 0.2) is 5.78 Å². The third-order valence-corrected chi connectivity index (χ3v) is 6.53. The Labute approximate surface area is 201 Å². The number of nitrogens with zero attached hydrogens (tertiary/aromatic N) is 3. The van der Waals surface area contributed by atoms with Crippen molar-refractivity contribution in [3.8, 4) is 0 Å². The van der Waals surface area contributed by atoms with E-state index >= 15 is 0 Å². The summed E-state index contributed by atoms with van der Waals surface area (Å²) in [6, 6.07) is 17.4. The minimum atomic E-state index is -0.710. The smallest absolute Gasteiger partial charge is 0.410 e. The summed E-state index contributed by atoms with van der Waals surface area (Å²) in [7, 11) is 0. The van der Waals surface area contributed by atoms with Gasteiger partial charge in [0.1, 0.15) is 11.1 Å². The van der Waals surface area contributed by atoms with E-state index in [1.165, 1.54) is 0 Å². The second kappa shape index (κ2) is 9.12. The Morgan fingerprint density at radius 1 is 1.00 bits per heavy atom. The first-order chi connectivity index (χ1) is 16.1. The number of ether oxygens (including phenoxy) is 1. The van der Waals surface area contributed by atoms with Gasteiger partial charge < -0.3 is 19.4 Å². The highest BCUT2D eigenvalue weighted by Crippen LogP contribution is 2.40. The standard InChI is InChI=1S/C27H33N3O4/c1-20(31)22-10-8-9-21(17-22)18-29-19-30(23-11-6-5-7-12-23)27(24(29)32)13-15-28(16-14-27)25(33)34-26(2,3)4/h5-12,17H,13-16,18-19H2,1-4H3. The van der Waals surface area contributed by atoms with Crippen molar-refractivity contribution in [3.05, 3.63) is 65.7 Å². The molecular weight excluding hydrogens is 430 g/mol. The Bertz CT molecular complexity index is 1070. The van der Waals surface area contributed by atoms with Gasteiger partial charge in [-0.3, -0.25) is 9.59 Å². The second-order valence-corrected chi connectivity index (χ2v) is 10.2. The van der Waals surface area contributed by atoms with Gasteiger partial charge in [-0.15, -0.1) is 0 Å². The highest BCUT2D eigenvalue weighted by atomic mass is 16.6. The first-order valence-electron chi connectivity index (χ1n) is 11.8. The molecule has 0 unspecified atom stereocenters. The molecular formula is C27H33N3O4. The van der Waals surface area contributed by atoms with Crippen molar-refractivity contribution in [1.82, 2.24) is 9.80 Å². The van der Waals surface area contributed by atoms with E-state index in [1.807, 2.05) is 74.2 Å². The summed E-state index contributed by atoms with van der Waals surface area (Å²) in [5, 5.41) is 0. The monoisotopic (exact) mass is 463 g/mol. The predicted octanol–water partition coefficient (Wildman–Crippen LogP) is 4.47. The Morgan fingerprint density at radius 2 is 1.68 bits per heavy atom. The first kappa shape index (κ1) is 23.8. The van der Waals surface area contributed by atoms with E-state index in [4.69, 9.17) is 4.74 Å². The van der Waals surface area contributed by atoms with E-state index in [1.54, 1.807) is 17.9 Å². The number of rotatable bonds is 4. The number of hydrogen-bond donors (Lipinski definition) is 0. The summed E-state index contributed by atoms with van der Waals surface area (Å²) < 4.78 is 5.55. The topological polar surface area (TPSA) is 70.2 Å². The summed E-state index contributed by atoms with van der Waals surface area (Å²) in [6.07, 6.45) is 0.727. The minimum absolute atomic E-state index is 0.00601. The van der Waals surface area contributed by atoms with Gasteiger partial charge in [0.05, 0.1) is 6.67 Å². The molecule has 0 saturated carbocycles. The van der Waals surface area contributed by atoms with E-state index in [-0.39, 0.29) is 17.8 Å². The Hall–Kier alpha value is -3.35. The molecule has 2 aliphatic heterocycles. The van der Waals surface area contributed by atoms with Gasteiger partial charge in [-0.25, -0.2) is 4.79 Å². The zero-order chi connectivity index (χ0) is 24.5. The van der Waals surface area contributed by atoms with Crippen molar-refractivity contribution in [2.24, 2.45) is 0 Å². The van der Waals surface area contributed by atoms with Crippen LogP contribution in [0.2, 0.25) is 0 Å². The van der Waals surface area contributed by atoms with Gasteiger partial charge in [-0.2, -0.15) is 0 Å². The quantitative estimate of drug-likeness (QED) is 0.626. The number of amides is 2. The Morgan fingerprint density at radius 3 is 2.29 bits per heavy atom. The molecule has 0 bridgehead atoms. The average Bonchev–Trinajstić information content (AvgIpc) is 3.05. The lowest BCUT2D eigenvalue weighted by molar-refractivity contribution is -0.134. The minimum Gasteiger partial charge on any atom is -0.444 e. The fourth-order valence-electron chi connectivity index (χ4n) is 4.82. The van der Waals surface area contributed by atoms with E-state index < -0.39 is 11.1 Å². The third-order valence-electron chi connectivity index (χ3n) is 6.53. The van der Waals surface area contributed by atoms with Crippen LogP contribution >= 0.6 is 0 Å². The average molecular weight is 464 g/mol. The maximum Gasteiger partial charge on any atom is 0.410 e. The lowest BCUT2D eigenvalue weighted by atomic mass is 9.85. The molecule has 1 spiro atoms. The number of piperidine rings is 1. The molecule has 0 atom stereocenters. The van der Waals surface area contributed by atoms with Crippen molar-refractivity contribution < 1.29 is 19.1 Å². The summed E-state index contributed by atoms with van der Waals surface area (Å²) in [5.74, 6) is 0.0694. The molecule has 2 aromatic rings. The molecule has 2 heterocycles. The number of carbonyl (C=O) groups excluding carboxylic acids is 3. The van der Waals surface area contributed by atoms with Gasteiger partial charge in [-0.1, -0.05) is 36.4 Å². The Kier molecular flexibility index (Phi) is 6.39. The van der Waals surface area contributed by atoms with Crippen LogP contribution in [-0.2, 0) is 16.1 Å². The van der Waals surface area contributed by atoms with Crippen molar-refractivity contribution in [3.63, 3.8) is 0 Å². The molecule has 7 nitrogen and oxygen atoms in total. The summed E-state index contributed by atoms with van der Waals surface area (Å²) in [4.78, 5) is 44.0. The zero-order valence-electron chi connectivity index (χ0n) is 20.4. The van der Waals surface area contributed by atoms with E-state index in [0.29, 0.717) is 44.7 Å². The molecule has 34 heavy (non-hydrogen) atoms. The lowest BCUT2D eigenvalue weighted by Gasteiger charge is -2.43. The summed E-state index contributed by atoms with van der Waals surface area (Å²) in [6.45, 7) is 8.91. The first-order valence-corrected chi connectivity index (χ1v) is 11.8. The number of benzene rings is 2. The molecule has 0 radical (unpaired) electrons. The molecule has 2 fully saturated rings. The van der Waals surface area contributed by atoms with E-state index in [2.05, 4.69) is 4.90 Å². The van der Waals surface area contributed by atoms with Crippen LogP contribution in [0.5, 0.6) is 0 Å². The third kappa shape index (κ3) is 4.79. The summed E-state index contributed by atoms with van der Waals surface area (Å²) in [5.41, 5.74) is 1.29. The molecule has 2 saturated heterocycles. The highest BCUT2D eigenvalue weighted by Gasteiger charge is 2.54. The number of hydrogen-bond acceptors (Lipinski definition) is 5. The predicted molar refractivity (Wildman–Crippen MR) is 131 cm³/mol. The van der Waals surface area contributed by atoms with Crippen molar-refractivity contribution >= 4 is 23.5 Å². The maximum atomic E-state index is 13.9. The number of carbonyl (C=O) groups is 3. The number of para-hydroxylation sites is 1. The van der Waals surface area contributed by atoms with E-state index in [9.17, 15) is 14.4 Å². The van der Waals surface area contributed by atoms with Crippen LogP contribution in [0.4, 0.5) is 10.5 Å². The van der Waals surface area contributed by atoms with E-state index in [0.717, 1.165) is 11.3 Å². The Balaban J connectivity index is 1.58. The van der Waals surface area contributed by atoms with Crippen LogP contribution in [-0.4, -0.2) is 58.5 Å². The fraction of sp³-hybridized carbons (Fsp3) is 0.444. The van der Waals surface area contributed by atoms with Crippen molar-refractivity contribution in [1.29, 1.82) is 0 Å². The van der Waals surface area contributed by atoms with Crippen LogP contribution < -0.4 is 4.90 Å². The molecule has 2 aliphatic rings. The van der Waals surface area contributed by atoms with Gasteiger partial charge >= 0.3 is 6.09 Å². The summed E-state index contributed by atoms with van der Waals surface area (Å²) >= 11 is 0. The van der Waals surface area contributed by atoms with Crippen LogP contribution in [0.25, 0.3) is 0 Å². The highest BCUT2D eigenvalue weighted by molar-refractivity contribution is 5.95. The van der Waals surface area contributed by atoms with Gasteiger partial charge in [-0.05, 0) is 64.3 Å². The van der Waals surface area contributed by atoms with Crippen LogP contribution in [0.1, 0.15) is 56.5 Å². The van der Waals surface area contributed by atoms with Crippen molar-refractivity contribution in [2.75, 3.05) is 24.7 Å². The number of anilines is 1. The molecule has 180 valence electrons. The number of Topliss-reactive ketones (excluding diaryl/α,β-unsaturated/α-hetero) is 1. The normalized spacial score (nSPS) is 17.9. The van der Waals surface area contributed by atoms with Gasteiger partial charge in [0.2, 0.25) is 5.91 Å². The molecule has 0 aromatic heterocycles. The largest absolute Gasteiger partial charge is 0.444 e. The molecule has 7 heteroatoms. The molecule has 0 aliphatic carbocycles. The molecule has 4 rings (SSSR count). The van der Waals surface area contributed by atoms with Crippen LogP contribution in [0.3, 0.4) is 0 Å². The zero-order valence-corrected chi connectivity index (χ0v) is 20.4. The molecule has 2 aromatic carbocycles. The van der Waals surface area contributed by atoms with Crippen molar-refractivity contribution in [2.45, 2.75) is 58.2 Å². The molecule has 0 N–H and O–H groups in total. The van der Waals surface area contributed by atoms with Gasteiger partial charge in [0.25, 0.3) is 0 Å². The number of likely N-dealkylation sites (tertiary alicyclic amines) is 1. The maximum absolute atomic E-state index is 13.9.